The van der Waals surface area contributed by atoms with Crippen LogP contribution in [0, 0.1) is 12.3 Å². The number of hydrogen-bond acceptors (Lipinski definition) is 6. The number of anilines is 1. The molecule has 2 heterocycles. The average Bonchev–Trinajstić information content (AvgIpc) is 3.14. The van der Waals surface area contributed by atoms with E-state index in [1.807, 2.05) is 0 Å². The zero-order valence-electron chi connectivity index (χ0n) is 11.0. The number of fused-ring (bicyclic) bond motifs is 1. The van der Waals surface area contributed by atoms with Gasteiger partial charge in [0.15, 0.2) is 0 Å². The molecule has 1 aliphatic carbocycles. The molecule has 7 heteroatoms. The first-order valence-corrected chi connectivity index (χ1v) is 7.20. The molecule has 6 nitrogen and oxygen atoms in total. The molecule has 0 spiro atoms. The van der Waals surface area contributed by atoms with Crippen LogP contribution < -0.4 is 5.32 Å². The minimum Gasteiger partial charge on any atom is -0.477 e. The van der Waals surface area contributed by atoms with E-state index in [0.717, 1.165) is 29.6 Å². The predicted molar refractivity (Wildman–Crippen MR) is 76.4 cm³/mol. The summed E-state index contributed by atoms with van der Waals surface area (Å²) in [7, 11) is 0. The number of aromatic nitrogens is 2. The van der Waals surface area contributed by atoms with Gasteiger partial charge in [-0.05, 0) is 25.3 Å². The van der Waals surface area contributed by atoms with Crippen molar-refractivity contribution >= 4 is 33.3 Å². The van der Waals surface area contributed by atoms with E-state index in [2.05, 4.69) is 15.3 Å². The Labute approximate surface area is 119 Å². The van der Waals surface area contributed by atoms with Crippen LogP contribution in [0.3, 0.4) is 0 Å². The number of rotatable bonds is 5. The van der Waals surface area contributed by atoms with Crippen LogP contribution in [0.15, 0.2) is 6.33 Å². The average molecular weight is 293 g/mol. The highest BCUT2D eigenvalue weighted by Crippen LogP contribution is 2.45. The number of aliphatic hydroxyl groups is 1. The van der Waals surface area contributed by atoms with E-state index in [0.29, 0.717) is 27.6 Å². The fourth-order valence-corrected chi connectivity index (χ4v) is 3.24. The highest BCUT2D eigenvalue weighted by atomic mass is 32.1. The molecule has 0 amide bonds. The topological polar surface area (TPSA) is 95.3 Å². The number of aryl methyl sites for hydroxylation is 1. The van der Waals surface area contributed by atoms with Gasteiger partial charge in [0.25, 0.3) is 0 Å². The van der Waals surface area contributed by atoms with Gasteiger partial charge < -0.3 is 15.5 Å². The van der Waals surface area contributed by atoms with Gasteiger partial charge in [-0.25, -0.2) is 14.8 Å². The van der Waals surface area contributed by atoms with Gasteiger partial charge in [-0.3, -0.25) is 0 Å². The summed E-state index contributed by atoms with van der Waals surface area (Å²) >= 11 is 1.16. The first kappa shape index (κ1) is 13.3. The molecular weight excluding hydrogens is 278 g/mol. The second kappa shape index (κ2) is 4.68. The van der Waals surface area contributed by atoms with Crippen molar-refractivity contribution in [3.05, 3.63) is 16.8 Å². The SMILES string of the molecule is Cc1c(C(=O)O)sc2ncnc(NCC3(CO)CC3)c12. The molecule has 1 aliphatic rings. The predicted octanol–water partition coefficient (Wildman–Crippen LogP) is 1.88. The molecule has 0 saturated heterocycles. The van der Waals surface area contributed by atoms with E-state index < -0.39 is 5.97 Å². The highest BCUT2D eigenvalue weighted by molar-refractivity contribution is 7.20. The lowest BCUT2D eigenvalue weighted by molar-refractivity contribution is 0.0701. The number of hydrogen-bond donors (Lipinski definition) is 3. The maximum Gasteiger partial charge on any atom is 0.346 e. The van der Waals surface area contributed by atoms with Gasteiger partial charge in [0.1, 0.15) is 21.9 Å². The third-order valence-electron chi connectivity index (χ3n) is 3.84. The van der Waals surface area contributed by atoms with Gasteiger partial charge in [0.05, 0.1) is 12.0 Å². The highest BCUT2D eigenvalue weighted by Gasteiger charge is 2.41. The Morgan fingerprint density at radius 1 is 1.50 bits per heavy atom. The largest absolute Gasteiger partial charge is 0.477 e. The third-order valence-corrected chi connectivity index (χ3v) is 5.03. The maximum atomic E-state index is 11.2. The number of carboxylic acid groups (broad SMARTS) is 1. The van der Waals surface area contributed by atoms with Crippen LogP contribution in [-0.2, 0) is 0 Å². The summed E-state index contributed by atoms with van der Waals surface area (Å²) in [5.74, 6) is -0.290. The Kier molecular flexibility index (Phi) is 3.10. The Bertz CT molecular complexity index is 679. The van der Waals surface area contributed by atoms with Gasteiger partial charge in [-0.2, -0.15) is 0 Å². The van der Waals surface area contributed by atoms with Gasteiger partial charge in [0.2, 0.25) is 0 Å². The quantitative estimate of drug-likeness (QED) is 0.779. The molecule has 1 fully saturated rings. The molecule has 0 radical (unpaired) electrons. The van der Waals surface area contributed by atoms with Gasteiger partial charge in [-0.15, -0.1) is 11.3 Å². The molecule has 0 bridgehead atoms. The summed E-state index contributed by atoms with van der Waals surface area (Å²) in [5.41, 5.74) is 0.658. The number of aliphatic hydroxyl groups excluding tert-OH is 1. The zero-order chi connectivity index (χ0) is 14.3. The maximum absolute atomic E-state index is 11.2. The lowest BCUT2D eigenvalue weighted by atomic mass is 10.1. The van der Waals surface area contributed by atoms with Gasteiger partial charge in [-0.1, -0.05) is 0 Å². The summed E-state index contributed by atoms with van der Waals surface area (Å²) < 4.78 is 0. The zero-order valence-corrected chi connectivity index (χ0v) is 11.8. The second-order valence-corrected chi connectivity index (χ2v) is 6.27. The van der Waals surface area contributed by atoms with Crippen LogP contribution in [0.2, 0.25) is 0 Å². The first-order valence-electron chi connectivity index (χ1n) is 6.38. The van der Waals surface area contributed by atoms with E-state index in [4.69, 9.17) is 0 Å². The molecule has 106 valence electrons. The lowest BCUT2D eigenvalue weighted by Crippen LogP contribution is -2.19. The van der Waals surface area contributed by atoms with Crippen molar-refractivity contribution in [2.24, 2.45) is 5.41 Å². The molecule has 3 N–H and O–H groups in total. The van der Waals surface area contributed by atoms with Crippen LogP contribution in [0.4, 0.5) is 5.82 Å². The van der Waals surface area contributed by atoms with Crippen molar-refractivity contribution in [1.82, 2.24) is 9.97 Å². The van der Waals surface area contributed by atoms with Crippen LogP contribution in [0.5, 0.6) is 0 Å². The Hall–Kier alpha value is -1.73. The third kappa shape index (κ3) is 2.12. The normalized spacial score (nSPS) is 16.3. The van der Waals surface area contributed by atoms with Crippen LogP contribution in [-0.4, -0.2) is 39.3 Å². The van der Waals surface area contributed by atoms with E-state index in [-0.39, 0.29) is 12.0 Å². The number of carbonyl (C=O) groups is 1. The van der Waals surface area contributed by atoms with E-state index in [1.165, 1.54) is 6.33 Å². The van der Waals surface area contributed by atoms with E-state index >= 15 is 0 Å². The molecule has 2 aromatic heterocycles. The van der Waals surface area contributed by atoms with Crippen molar-refractivity contribution < 1.29 is 15.0 Å². The molecule has 0 atom stereocenters. The number of carboxylic acids is 1. The standard InChI is InChI=1S/C13H15N3O3S/c1-7-8-10(14-4-13(5-17)2-3-13)15-6-16-11(8)20-9(7)12(18)19/h6,17H,2-5H2,1H3,(H,18,19)(H,14,15,16). The molecule has 2 aromatic rings. The van der Waals surface area contributed by atoms with Crippen LogP contribution >= 0.6 is 11.3 Å². The van der Waals surface area contributed by atoms with Crippen molar-refractivity contribution in [2.45, 2.75) is 19.8 Å². The summed E-state index contributed by atoms with van der Waals surface area (Å²) in [6.07, 6.45) is 3.45. The number of nitrogens with zero attached hydrogens (tertiary/aromatic N) is 2. The molecule has 0 unspecified atom stereocenters. The Balaban J connectivity index is 1.96. The number of aromatic carboxylic acids is 1. The van der Waals surface area contributed by atoms with E-state index in [9.17, 15) is 15.0 Å². The van der Waals surface area contributed by atoms with Gasteiger partial charge in [0, 0.05) is 12.0 Å². The Morgan fingerprint density at radius 3 is 2.85 bits per heavy atom. The summed E-state index contributed by atoms with van der Waals surface area (Å²) in [6.45, 7) is 2.58. The lowest BCUT2D eigenvalue weighted by Gasteiger charge is -2.13. The van der Waals surface area contributed by atoms with Crippen LogP contribution in [0.1, 0.15) is 28.1 Å². The fourth-order valence-electron chi connectivity index (χ4n) is 2.25. The first-order chi connectivity index (χ1) is 9.56. The molecule has 20 heavy (non-hydrogen) atoms. The minimum absolute atomic E-state index is 0.0309. The molecule has 3 rings (SSSR count). The number of thiophene rings is 1. The van der Waals surface area contributed by atoms with Crippen molar-refractivity contribution in [3.63, 3.8) is 0 Å². The molecule has 0 aliphatic heterocycles. The van der Waals surface area contributed by atoms with Crippen molar-refractivity contribution in [2.75, 3.05) is 18.5 Å². The van der Waals surface area contributed by atoms with Crippen LogP contribution in [0.25, 0.3) is 10.2 Å². The Morgan fingerprint density at radius 2 is 2.25 bits per heavy atom. The summed E-state index contributed by atoms with van der Waals surface area (Å²) in [4.78, 5) is 20.5. The minimum atomic E-state index is -0.939. The fraction of sp³-hybridized carbons (Fsp3) is 0.462. The smallest absolute Gasteiger partial charge is 0.346 e. The summed E-state index contributed by atoms with van der Waals surface area (Å²) in [6, 6.07) is 0. The monoisotopic (exact) mass is 293 g/mol. The molecular formula is C13H15N3O3S. The number of nitrogens with one attached hydrogen (secondary N) is 1. The second-order valence-electron chi connectivity index (χ2n) is 5.28. The molecule has 0 aromatic carbocycles. The van der Waals surface area contributed by atoms with Crippen molar-refractivity contribution in [1.29, 1.82) is 0 Å². The van der Waals surface area contributed by atoms with Gasteiger partial charge >= 0.3 is 5.97 Å². The summed E-state index contributed by atoms with van der Waals surface area (Å²) in [5, 5.41) is 22.5. The van der Waals surface area contributed by atoms with E-state index in [1.54, 1.807) is 6.92 Å². The molecule has 1 saturated carbocycles. The van der Waals surface area contributed by atoms with Crippen molar-refractivity contribution in [3.8, 4) is 0 Å².